The summed E-state index contributed by atoms with van der Waals surface area (Å²) in [6.07, 6.45) is 4.97. The summed E-state index contributed by atoms with van der Waals surface area (Å²) in [6, 6.07) is 6.27. The Kier molecular flexibility index (Phi) is 5.03. The van der Waals surface area contributed by atoms with Gasteiger partial charge in [0.05, 0.1) is 17.4 Å². The molecule has 3 aromatic rings. The molecule has 1 aromatic carbocycles. The molecule has 0 unspecified atom stereocenters. The van der Waals surface area contributed by atoms with Crippen molar-refractivity contribution in [1.82, 2.24) is 14.9 Å². The first kappa shape index (κ1) is 17.9. The van der Waals surface area contributed by atoms with Crippen molar-refractivity contribution in [3.05, 3.63) is 69.6 Å². The van der Waals surface area contributed by atoms with Gasteiger partial charge in [-0.2, -0.15) is 0 Å². The fraction of sp³-hybridized carbons (Fsp3) is 0.350. The van der Waals surface area contributed by atoms with Gasteiger partial charge in [0.15, 0.2) is 0 Å². The minimum Gasteiger partial charge on any atom is -0.443 e. The van der Waals surface area contributed by atoms with E-state index in [1.807, 2.05) is 17.9 Å². The molecule has 7 heteroatoms. The molecule has 1 aliphatic rings. The Labute approximate surface area is 160 Å². The zero-order valence-electron chi connectivity index (χ0n) is 15.0. The number of piperidine rings is 1. The van der Waals surface area contributed by atoms with Gasteiger partial charge < -0.3 is 9.32 Å². The quantitative estimate of drug-likeness (QED) is 0.662. The SMILES string of the molecule is Cc1ncsc1C(=O)N1CCCC[C@H]1c1ncc(Cc2cccc(F)c2)o1. The number of oxazole rings is 1. The van der Waals surface area contributed by atoms with Crippen LogP contribution in [0.25, 0.3) is 0 Å². The van der Waals surface area contributed by atoms with Gasteiger partial charge >= 0.3 is 0 Å². The summed E-state index contributed by atoms with van der Waals surface area (Å²) in [4.78, 5) is 24.1. The molecule has 1 aliphatic heterocycles. The molecule has 3 heterocycles. The van der Waals surface area contributed by atoms with Crippen molar-refractivity contribution in [1.29, 1.82) is 0 Å². The van der Waals surface area contributed by atoms with Crippen LogP contribution in [0, 0.1) is 12.7 Å². The molecule has 1 atom stereocenters. The summed E-state index contributed by atoms with van der Waals surface area (Å²) in [5, 5.41) is 0. The molecule has 4 rings (SSSR count). The van der Waals surface area contributed by atoms with Gasteiger partial charge in [-0.25, -0.2) is 14.4 Å². The van der Waals surface area contributed by atoms with E-state index >= 15 is 0 Å². The number of halogens is 1. The molecule has 0 N–H and O–H groups in total. The summed E-state index contributed by atoms with van der Waals surface area (Å²) in [6.45, 7) is 2.54. The molecule has 1 saturated heterocycles. The van der Waals surface area contributed by atoms with Gasteiger partial charge in [-0.1, -0.05) is 12.1 Å². The number of likely N-dealkylation sites (tertiary alicyclic amines) is 1. The number of benzene rings is 1. The van der Waals surface area contributed by atoms with Gasteiger partial charge in [0.1, 0.15) is 22.5 Å². The van der Waals surface area contributed by atoms with Crippen molar-refractivity contribution in [2.45, 2.75) is 38.6 Å². The number of aromatic nitrogens is 2. The lowest BCUT2D eigenvalue weighted by atomic mass is 10.0. The number of rotatable bonds is 4. The van der Waals surface area contributed by atoms with Crippen molar-refractivity contribution < 1.29 is 13.6 Å². The largest absolute Gasteiger partial charge is 0.443 e. The first-order valence-corrected chi connectivity index (χ1v) is 9.90. The fourth-order valence-corrected chi connectivity index (χ4v) is 4.23. The van der Waals surface area contributed by atoms with E-state index in [-0.39, 0.29) is 17.8 Å². The van der Waals surface area contributed by atoms with E-state index in [0.29, 0.717) is 29.5 Å². The van der Waals surface area contributed by atoms with Crippen LogP contribution in [-0.4, -0.2) is 27.3 Å². The molecule has 2 aromatic heterocycles. The fourth-order valence-electron chi connectivity index (χ4n) is 3.48. The molecule has 0 spiro atoms. The van der Waals surface area contributed by atoms with Crippen molar-refractivity contribution in [3.8, 4) is 0 Å². The number of thiazole rings is 1. The Morgan fingerprint density at radius 3 is 3.04 bits per heavy atom. The Morgan fingerprint density at radius 1 is 1.37 bits per heavy atom. The van der Waals surface area contributed by atoms with E-state index < -0.39 is 0 Å². The number of carbonyl (C=O) groups is 1. The van der Waals surface area contributed by atoms with Crippen LogP contribution < -0.4 is 0 Å². The van der Waals surface area contributed by atoms with E-state index in [1.54, 1.807) is 17.8 Å². The first-order valence-electron chi connectivity index (χ1n) is 9.02. The summed E-state index contributed by atoms with van der Waals surface area (Å²) in [5.74, 6) is 0.944. The van der Waals surface area contributed by atoms with Crippen molar-refractivity contribution in [2.24, 2.45) is 0 Å². The van der Waals surface area contributed by atoms with Gasteiger partial charge in [0.2, 0.25) is 5.89 Å². The molecule has 140 valence electrons. The predicted octanol–water partition coefficient (Wildman–Crippen LogP) is 4.54. The van der Waals surface area contributed by atoms with Crippen LogP contribution in [0.4, 0.5) is 4.39 Å². The molecule has 0 radical (unpaired) electrons. The van der Waals surface area contributed by atoms with Crippen LogP contribution >= 0.6 is 11.3 Å². The van der Waals surface area contributed by atoms with Gasteiger partial charge in [0.25, 0.3) is 5.91 Å². The first-order chi connectivity index (χ1) is 13.1. The van der Waals surface area contributed by atoms with Crippen LogP contribution in [0.1, 0.15) is 57.9 Å². The lowest BCUT2D eigenvalue weighted by molar-refractivity contribution is 0.0574. The smallest absolute Gasteiger partial charge is 0.266 e. The van der Waals surface area contributed by atoms with Crippen LogP contribution in [0.15, 0.2) is 40.4 Å². The molecule has 1 fully saturated rings. The highest BCUT2D eigenvalue weighted by Gasteiger charge is 2.33. The predicted molar refractivity (Wildman–Crippen MR) is 100 cm³/mol. The number of carbonyl (C=O) groups excluding carboxylic acids is 1. The van der Waals surface area contributed by atoms with Crippen LogP contribution in [-0.2, 0) is 6.42 Å². The highest BCUT2D eigenvalue weighted by atomic mass is 32.1. The van der Waals surface area contributed by atoms with Crippen molar-refractivity contribution in [3.63, 3.8) is 0 Å². The normalized spacial score (nSPS) is 17.3. The summed E-state index contributed by atoms with van der Waals surface area (Å²) < 4.78 is 19.3. The molecule has 5 nitrogen and oxygen atoms in total. The molecule has 0 saturated carbocycles. The second-order valence-electron chi connectivity index (χ2n) is 6.75. The lowest BCUT2D eigenvalue weighted by Gasteiger charge is -2.33. The third-order valence-electron chi connectivity index (χ3n) is 4.83. The van der Waals surface area contributed by atoms with E-state index in [9.17, 15) is 9.18 Å². The molecular formula is C20H20FN3O2S. The topological polar surface area (TPSA) is 59.2 Å². The molecule has 1 amide bonds. The summed E-state index contributed by atoms with van der Waals surface area (Å²) in [7, 11) is 0. The van der Waals surface area contributed by atoms with Gasteiger partial charge in [-0.3, -0.25) is 4.79 Å². The van der Waals surface area contributed by atoms with E-state index in [0.717, 1.165) is 30.5 Å². The molecule has 0 bridgehead atoms. The van der Waals surface area contributed by atoms with E-state index in [1.165, 1.54) is 23.5 Å². The number of amides is 1. The zero-order valence-corrected chi connectivity index (χ0v) is 15.8. The Hall–Kier alpha value is -2.54. The monoisotopic (exact) mass is 385 g/mol. The van der Waals surface area contributed by atoms with Crippen molar-refractivity contribution in [2.75, 3.05) is 6.54 Å². The minimum atomic E-state index is -0.267. The summed E-state index contributed by atoms with van der Waals surface area (Å²) in [5.41, 5.74) is 3.28. The number of aryl methyl sites for hydroxylation is 1. The van der Waals surface area contributed by atoms with E-state index in [2.05, 4.69) is 9.97 Å². The average molecular weight is 385 g/mol. The van der Waals surface area contributed by atoms with Gasteiger partial charge in [0, 0.05) is 13.0 Å². The minimum absolute atomic E-state index is 0.00965. The highest BCUT2D eigenvalue weighted by molar-refractivity contribution is 7.11. The highest BCUT2D eigenvalue weighted by Crippen LogP contribution is 2.33. The maximum absolute atomic E-state index is 13.4. The van der Waals surface area contributed by atoms with Gasteiger partial charge in [-0.05, 0) is 43.9 Å². The lowest BCUT2D eigenvalue weighted by Crippen LogP contribution is -2.38. The third-order valence-corrected chi connectivity index (χ3v) is 5.74. The number of nitrogens with zero attached hydrogens (tertiary/aromatic N) is 3. The van der Waals surface area contributed by atoms with Crippen LogP contribution in [0.2, 0.25) is 0 Å². The Balaban J connectivity index is 1.55. The Morgan fingerprint density at radius 2 is 2.26 bits per heavy atom. The summed E-state index contributed by atoms with van der Waals surface area (Å²) >= 11 is 1.37. The van der Waals surface area contributed by atoms with Crippen molar-refractivity contribution >= 4 is 17.2 Å². The standard InChI is InChI=1S/C20H20FN3O2S/c1-13-18(27-12-23-13)20(25)24-8-3-2-7-17(24)19-22-11-16(26-19)10-14-5-4-6-15(21)9-14/h4-6,9,11-12,17H,2-3,7-8,10H2,1H3/t17-/m0/s1. The maximum Gasteiger partial charge on any atom is 0.266 e. The number of hydrogen-bond donors (Lipinski definition) is 0. The molecule has 27 heavy (non-hydrogen) atoms. The maximum atomic E-state index is 13.4. The van der Waals surface area contributed by atoms with Gasteiger partial charge in [-0.15, -0.1) is 11.3 Å². The second-order valence-corrected chi connectivity index (χ2v) is 7.60. The zero-order chi connectivity index (χ0) is 18.8. The Bertz CT molecular complexity index is 952. The van der Waals surface area contributed by atoms with Crippen LogP contribution in [0.3, 0.4) is 0 Å². The van der Waals surface area contributed by atoms with E-state index in [4.69, 9.17) is 4.42 Å². The molecule has 0 aliphatic carbocycles. The number of hydrogen-bond acceptors (Lipinski definition) is 5. The third kappa shape index (κ3) is 3.78. The molecular weight excluding hydrogens is 365 g/mol. The second kappa shape index (κ2) is 7.60. The average Bonchev–Trinajstić information content (AvgIpc) is 3.30. The van der Waals surface area contributed by atoms with Crippen LogP contribution in [0.5, 0.6) is 0 Å².